The van der Waals surface area contributed by atoms with E-state index < -0.39 is 17.6 Å². The van der Waals surface area contributed by atoms with Crippen molar-refractivity contribution in [2.45, 2.75) is 24.8 Å². The second-order valence-electron chi connectivity index (χ2n) is 9.16. The number of halogens is 3. The molecule has 0 fully saturated rings. The number of rotatable bonds is 8. The lowest BCUT2D eigenvalue weighted by atomic mass is 10.0. The van der Waals surface area contributed by atoms with Crippen LogP contribution in [0, 0.1) is 6.92 Å². The molecule has 0 spiro atoms. The number of hydrogen-bond acceptors (Lipinski definition) is 5. The van der Waals surface area contributed by atoms with E-state index in [1.165, 1.54) is 18.2 Å². The number of carbonyl (C=O) groups is 2. The summed E-state index contributed by atoms with van der Waals surface area (Å²) in [5, 5.41) is 15.8. The highest BCUT2D eigenvalue weighted by molar-refractivity contribution is 7.99. The average Bonchev–Trinajstić information content (AvgIpc) is 3.37. The van der Waals surface area contributed by atoms with E-state index in [1.54, 1.807) is 10.6 Å². The van der Waals surface area contributed by atoms with Gasteiger partial charge >= 0.3 is 6.18 Å². The van der Waals surface area contributed by atoms with Crippen LogP contribution in [0.4, 0.5) is 18.9 Å². The maximum Gasteiger partial charge on any atom is 0.418 e. The van der Waals surface area contributed by atoms with Gasteiger partial charge in [-0.05, 0) is 53.6 Å². The number of nitrogens with one attached hydrogen (secondary N) is 2. The standard InChI is InChI=1S/C30H24F3N5O2S/c1-19-8-6-11-21(16-19)38-26(17-34-28(40)23-13-7-10-20-9-2-3-12-22(20)23)36-37-29(38)41-18-27(39)35-25-15-5-4-14-24(25)30(31,32)33/h2-16H,17-18H2,1H3,(H,34,40)(H,35,39). The summed E-state index contributed by atoms with van der Waals surface area (Å²) < 4.78 is 41.7. The molecular weight excluding hydrogens is 551 g/mol. The molecule has 0 radical (unpaired) electrons. The predicted octanol–water partition coefficient (Wildman–Crippen LogP) is 6.41. The third-order valence-corrected chi connectivity index (χ3v) is 7.17. The highest BCUT2D eigenvalue weighted by atomic mass is 32.2. The Morgan fingerprint density at radius 1 is 0.902 bits per heavy atom. The Bertz CT molecular complexity index is 1730. The van der Waals surface area contributed by atoms with Crippen LogP contribution in [0.15, 0.2) is 96.2 Å². The number of para-hydroxylation sites is 1. The topological polar surface area (TPSA) is 88.9 Å². The van der Waals surface area contributed by atoms with Gasteiger partial charge in [0.15, 0.2) is 11.0 Å². The molecule has 0 aliphatic carbocycles. The van der Waals surface area contributed by atoms with Crippen molar-refractivity contribution in [1.29, 1.82) is 0 Å². The highest BCUT2D eigenvalue weighted by Gasteiger charge is 2.33. The minimum Gasteiger partial charge on any atom is -0.345 e. The smallest absolute Gasteiger partial charge is 0.345 e. The third-order valence-electron chi connectivity index (χ3n) is 6.24. The van der Waals surface area contributed by atoms with Gasteiger partial charge in [-0.15, -0.1) is 10.2 Å². The van der Waals surface area contributed by atoms with Crippen LogP contribution < -0.4 is 10.6 Å². The summed E-state index contributed by atoms with van der Waals surface area (Å²) in [5.74, 6) is -0.693. The lowest BCUT2D eigenvalue weighted by Gasteiger charge is -2.14. The van der Waals surface area contributed by atoms with E-state index in [0.717, 1.165) is 39.9 Å². The third kappa shape index (κ3) is 6.41. The Balaban J connectivity index is 1.35. The van der Waals surface area contributed by atoms with Crippen molar-refractivity contribution in [3.05, 3.63) is 114 Å². The second-order valence-corrected chi connectivity index (χ2v) is 10.1. The van der Waals surface area contributed by atoms with Gasteiger partial charge in [0.1, 0.15) is 0 Å². The molecular formula is C30H24F3N5O2S. The van der Waals surface area contributed by atoms with Gasteiger partial charge in [0.25, 0.3) is 5.91 Å². The number of aryl methyl sites for hydroxylation is 1. The van der Waals surface area contributed by atoms with Gasteiger partial charge in [0.2, 0.25) is 5.91 Å². The molecule has 0 aliphatic rings. The van der Waals surface area contributed by atoms with Gasteiger partial charge < -0.3 is 10.6 Å². The molecule has 1 aromatic heterocycles. The molecule has 2 amide bonds. The fourth-order valence-corrected chi connectivity index (χ4v) is 5.14. The number of amides is 2. The zero-order chi connectivity index (χ0) is 29.0. The lowest BCUT2D eigenvalue weighted by molar-refractivity contribution is -0.137. The summed E-state index contributed by atoms with van der Waals surface area (Å²) in [6.07, 6.45) is -4.60. The molecule has 5 aromatic rings. The molecule has 41 heavy (non-hydrogen) atoms. The highest BCUT2D eigenvalue weighted by Crippen LogP contribution is 2.34. The van der Waals surface area contributed by atoms with E-state index in [2.05, 4.69) is 20.8 Å². The first-order valence-electron chi connectivity index (χ1n) is 12.6. The second kappa shape index (κ2) is 11.8. The van der Waals surface area contributed by atoms with Crippen molar-refractivity contribution in [2.24, 2.45) is 0 Å². The number of hydrogen-bond donors (Lipinski definition) is 2. The van der Waals surface area contributed by atoms with Crippen molar-refractivity contribution >= 4 is 40.0 Å². The fraction of sp³-hybridized carbons (Fsp3) is 0.133. The lowest BCUT2D eigenvalue weighted by Crippen LogP contribution is -2.25. The number of fused-ring (bicyclic) bond motifs is 1. The largest absolute Gasteiger partial charge is 0.418 e. The molecule has 4 aromatic carbocycles. The predicted molar refractivity (Wildman–Crippen MR) is 152 cm³/mol. The van der Waals surface area contributed by atoms with Crippen LogP contribution >= 0.6 is 11.8 Å². The van der Waals surface area contributed by atoms with Gasteiger partial charge in [-0.25, -0.2) is 0 Å². The zero-order valence-corrected chi connectivity index (χ0v) is 22.6. The molecule has 0 saturated carbocycles. The number of nitrogens with zero attached hydrogens (tertiary/aromatic N) is 3. The van der Waals surface area contributed by atoms with Gasteiger partial charge in [0, 0.05) is 11.3 Å². The van der Waals surface area contributed by atoms with Crippen LogP contribution in [0.3, 0.4) is 0 Å². The number of thioether (sulfide) groups is 1. The number of anilines is 1. The molecule has 0 unspecified atom stereocenters. The molecule has 0 bridgehead atoms. The summed E-state index contributed by atoms with van der Waals surface area (Å²) >= 11 is 1.03. The van der Waals surface area contributed by atoms with E-state index >= 15 is 0 Å². The Morgan fingerprint density at radius 2 is 1.63 bits per heavy atom. The van der Waals surface area contributed by atoms with Crippen molar-refractivity contribution in [3.63, 3.8) is 0 Å². The van der Waals surface area contributed by atoms with E-state index in [-0.39, 0.29) is 23.9 Å². The molecule has 2 N–H and O–H groups in total. The number of carbonyl (C=O) groups excluding carboxylic acids is 2. The van der Waals surface area contributed by atoms with Crippen LogP contribution in [0.5, 0.6) is 0 Å². The number of alkyl halides is 3. The first-order valence-corrected chi connectivity index (χ1v) is 13.6. The minimum absolute atomic E-state index is 0.0503. The van der Waals surface area contributed by atoms with Gasteiger partial charge in [-0.2, -0.15) is 13.2 Å². The van der Waals surface area contributed by atoms with E-state index in [4.69, 9.17) is 0 Å². The Labute approximate surface area is 237 Å². The zero-order valence-electron chi connectivity index (χ0n) is 21.8. The van der Waals surface area contributed by atoms with Gasteiger partial charge in [-0.3, -0.25) is 14.2 Å². The van der Waals surface area contributed by atoms with Crippen LogP contribution in [-0.2, 0) is 17.5 Å². The first kappa shape index (κ1) is 27.9. The summed E-state index contributed by atoms with van der Waals surface area (Å²) in [6.45, 7) is 1.98. The van der Waals surface area contributed by atoms with Crippen molar-refractivity contribution < 1.29 is 22.8 Å². The SMILES string of the molecule is Cc1cccc(-n2c(CNC(=O)c3cccc4ccccc34)nnc2SCC(=O)Nc2ccccc2C(F)(F)F)c1. The van der Waals surface area contributed by atoms with Crippen molar-refractivity contribution in [1.82, 2.24) is 20.1 Å². The van der Waals surface area contributed by atoms with E-state index in [0.29, 0.717) is 16.5 Å². The summed E-state index contributed by atoms with van der Waals surface area (Å²) in [5.41, 5.74) is 0.970. The fourth-order valence-electron chi connectivity index (χ4n) is 4.37. The van der Waals surface area contributed by atoms with Crippen LogP contribution in [0.2, 0.25) is 0 Å². The monoisotopic (exact) mass is 575 g/mol. The minimum atomic E-state index is -4.60. The number of aromatic nitrogens is 3. The molecule has 0 atom stereocenters. The maximum atomic E-state index is 13.3. The average molecular weight is 576 g/mol. The molecule has 11 heteroatoms. The molecule has 0 saturated heterocycles. The van der Waals surface area contributed by atoms with Gasteiger partial charge in [0.05, 0.1) is 23.5 Å². The van der Waals surface area contributed by atoms with Gasteiger partial charge in [-0.1, -0.05) is 72.4 Å². The normalized spacial score (nSPS) is 11.4. The van der Waals surface area contributed by atoms with E-state index in [1.807, 2.05) is 67.6 Å². The first-order chi connectivity index (χ1) is 19.7. The Hall–Kier alpha value is -4.64. The van der Waals surface area contributed by atoms with Crippen molar-refractivity contribution in [3.8, 4) is 5.69 Å². The Morgan fingerprint density at radius 3 is 2.44 bits per heavy atom. The molecule has 1 heterocycles. The summed E-state index contributed by atoms with van der Waals surface area (Å²) in [7, 11) is 0. The Kier molecular flexibility index (Phi) is 8.06. The maximum absolute atomic E-state index is 13.3. The van der Waals surface area contributed by atoms with Crippen molar-refractivity contribution in [2.75, 3.05) is 11.1 Å². The van der Waals surface area contributed by atoms with Crippen LogP contribution in [-0.4, -0.2) is 32.3 Å². The molecule has 7 nitrogen and oxygen atoms in total. The van der Waals surface area contributed by atoms with E-state index in [9.17, 15) is 22.8 Å². The molecule has 0 aliphatic heterocycles. The summed E-state index contributed by atoms with van der Waals surface area (Å²) in [6, 6.07) is 25.4. The van der Waals surface area contributed by atoms with Crippen LogP contribution in [0.25, 0.3) is 16.5 Å². The number of benzene rings is 4. The summed E-state index contributed by atoms with van der Waals surface area (Å²) in [4.78, 5) is 25.8. The molecule has 5 rings (SSSR count). The van der Waals surface area contributed by atoms with Crippen LogP contribution in [0.1, 0.15) is 27.3 Å². The molecule has 208 valence electrons. The quantitative estimate of drug-likeness (QED) is 0.209.